The number of hydrogen-bond acceptors (Lipinski definition) is 4. The fourth-order valence-electron chi connectivity index (χ4n) is 1.77. The Balaban J connectivity index is 2.00. The Hall–Kier alpha value is -2.08. The highest BCUT2D eigenvalue weighted by molar-refractivity contribution is 5.80. The van der Waals surface area contributed by atoms with E-state index in [9.17, 15) is 14.7 Å². The molecule has 6 heteroatoms. The van der Waals surface area contributed by atoms with Crippen LogP contribution in [0.4, 0.5) is 0 Å². The third-order valence-electron chi connectivity index (χ3n) is 3.28. The molecule has 0 saturated carbocycles. The monoisotopic (exact) mass is 278 g/mol. The number of nitrogens with one attached hydrogen (secondary N) is 2. The summed E-state index contributed by atoms with van der Waals surface area (Å²) in [5, 5.41) is 12.5. The van der Waals surface area contributed by atoms with E-state index in [4.69, 9.17) is 4.42 Å². The number of fused-ring (bicyclic) bond motifs is 1. The normalized spacial score (nSPS) is 14.2. The van der Waals surface area contributed by atoms with Gasteiger partial charge >= 0.3 is 5.76 Å². The molecule has 1 atom stereocenters. The van der Waals surface area contributed by atoms with Crippen LogP contribution in [0.15, 0.2) is 27.4 Å². The maximum Gasteiger partial charge on any atom is 0.417 e. The van der Waals surface area contributed by atoms with Gasteiger partial charge in [0.1, 0.15) is 0 Å². The van der Waals surface area contributed by atoms with Gasteiger partial charge in [-0.25, -0.2) is 4.79 Å². The number of amides is 1. The van der Waals surface area contributed by atoms with E-state index < -0.39 is 11.4 Å². The molecule has 108 valence electrons. The molecular formula is C14H18N2O4. The molecule has 0 bridgehead atoms. The lowest BCUT2D eigenvalue weighted by molar-refractivity contribution is -0.121. The molecule has 3 N–H and O–H groups in total. The van der Waals surface area contributed by atoms with Crippen molar-refractivity contribution in [3.8, 4) is 0 Å². The second-order valence-corrected chi connectivity index (χ2v) is 5.15. The number of hydrogen-bond donors (Lipinski definition) is 3. The molecule has 0 radical (unpaired) electrons. The SMILES string of the molecule is CCC(C)(O)CNC(=O)Cc1ccc2oc(=O)[nH]c2c1. The number of carbonyl (C=O) groups excluding carboxylic acids is 1. The summed E-state index contributed by atoms with van der Waals surface area (Å²) in [4.78, 5) is 25.4. The van der Waals surface area contributed by atoms with Gasteiger partial charge in [-0.1, -0.05) is 13.0 Å². The van der Waals surface area contributed by atoms with Crippen LogP contribution in [0.1, 0.15) is 25.8 Å². The Morgan fingerprint density at radius 3 is 2.95 bits per heavy atom. The molecule has 0 aliphatic rings. The highest BCUT2D eigenvalue weighted by atomic mass is 16.4. The summed E-state index contributed by atoms with van der Waals surface area (Å²) in [7, 11) is 0. The summed E-state index contributed by atoms with van der Waals surface area (Å²) >= 11 is 0. The lowest BCUT2D eigenvalue weighted by atomic mass is 10.0. The van der Waals surface area contributed by atoms with Crippen LogP contribution in [0.3, 0.4) is 0 Å². The van der Waals surface area contributed by atoms with E-state index in [0.717, 1.165) is 5.56 Å². The van der Waals surface area contributed by atoms with Gasteiger partial charge in [-0.15, -0.1) is 0 Å². The molecule has 0 spiro atoms. The maximum atomic E-state index is 11.8. The first-order chi connectivity index (χ1) is 9.39. The zero-order chi connectivity index (χ0) is 14.8. The van der Waals surface area contributed by atoms with E-state index in [2.05, 4.69) is 10.3 Å². The number of aliphatic hydroxyl groups is 1. The summed E-state index contributed by atoms with van der Waals surface area (Å²) < 4.78 is 4.89. The van der Waals surface area contributed by atoms with Gasteiger partial charge in [0.2, 0.25) is 5.91 Å². The van der Waals surface area contributed by atoms with Crippen LogP contribution in [0.25, 0.3) is 11.1 Å². The van der Waals surface area contributed by atoms with Gasteiger partial charge in [0.25, 0.3) is 0 Å². The molecule has 2 aromatic rings. The molecule has 20 heavy (non-hydrogen) atoms. The van der Waals surface area contributed by atoms with Crippen LogP contribution in [-0.2, 0) is 11.2 Å². The van der Waals surface area contributed by atoms with Gasteiger partial charge in [0.15, 0.2) is 5.58 Å². The zero-order valence-electron chi connectivity index (χ0n) is 11.5. The van der Waals surface area contributed by atoms with E-state index in [-0.39, 0.29) is 18.9 Å². The summed E-state index contributed by atoms with van der Waals surface area (Å²) in [6, 6.07) is 5.09. The van der Waals surface area contributed by atoms with Gasteiger partial charge in [0, 0.05) is 6.54 Å². The number of H-pyrrole nitrogens is 1. The zero-order valence-corrected chi connectivity index (χ0v) is 11.5. The minimum Gasteiger partial charge on any atom is -0.408 e. The predicted molar refractivity (Wildman–Crippen MR) is 74.5 cm³/mol. The van der Waals surface area contributed by atoms with Gasteiger partial charge in [-0.3, -0.25) is 9.78 Å². The third-order valence-corrected chi connectivity index (χ3v) is 3.28. The topological polar surface area (TPSA) is 95.3 Å². The van der Waals surface area contributed by atoms with E-state index in [1.807, 2.05) is 6.92 Å². The standard InChI is InChI=1S/C14H18N2O4/c1-3-14(2,19)8-15-12(17)7-9-4-5-11-10(6-9)16-13(18)20-11/h4-6,19H,3,7-8H2,1-2H3,(H,15,17)(H,16,18). The molecule has 1 amide bonds. The van der Waals surface area contributed by atoms with Crippen LogP contribution in [0, 0.1) is 0 Å². The van der Waals surface area contributed by atoms with Crippen LogP contribution < -0.4 is 11.1 Å². The van der Waals surface area contributed by atoms with Crippen LogP contribution in [-0.4, -0.2) is 28.1 Å². The molecular weight excluding hydrogens is 260 g/mol. The average Bonchev–Trinajstić information content (AvgIpc) is 2.76. The molecule has 0 fully saturated rings. The predicted octanol–water partition coefficient (Wildman–Crippen LogP) is 0.941. The largest absolute Gasteiger partial charge is 0.417 e. The van der Waals surface area contributed by atoms with Gasteiger partial charge < -0.3 is 14.8 Å². The van der Waals surface area contributed by atoms with Crippen LogP contribution >= 0.6 is 0 Å². The second-order valence-electron chi connectivity index (χ2n) is 5.15. The fourth-order valence-corrected chi connectivity index (χ4v) is 1.77. The summed E-state index contributed by atoms with van der Waals surface area (Å²) in [5.41, 5.74) is 0.909. The number of aromatic amines is 1. The number of aromatic nitrogens is 1. The van der Waals surface area contributed by atoms with E-state index >= 15 is 0 Å². The Morgan fingerprint density at radius 2 is 2.25 bits per heavy atom. The maximum absolute atomic E-state index is 11.8. The molecule has 0 saturated heterocycles. The third kappa shape index (κ3) is 3.48. The van der Waals surface area contributed by atoms with Crippen molar-refractivity contribution < 1.29 is 14.3 Å². The molecule has 1 aromatic heterocycles. The van der Waals surface area contributed by atoms with Crippen LogP contribution in [0.5, 0.6) is 0 Å². The molecule has 1 unspecified atom stereocenters. The first-order valence-corrected chi connectivity index (χ1v) is 6.50. The van der Waals surface area contributed by atoms with Gasteiger partial charge in [0.05, 0.1) is 17.5 Å². The van der Waals surface area contributed by atoms with Crippen molar-refractivity contribution in [3.05, 3.63) is 34.3 Å². The van der Waals surface area contributed by atoms with Crippen molar-refractivity contribution in [1.29, 1.82) is 0 Å². The summed E-state index contributed by atoms with van der Waals surface area (Å²) in [6.45, 7) is 3.75. The minimum absolute atomic E-state index is 0.177. The van der Waals surface area contributed by atoms with E-state index in [1.54, 1.807) is 25.1 Å². The molecule has 0 aliphatic carbocycles. The van der Waals surface area contributed by atoms with Crippen molar-refractivity contribution in [2.45, 2.75) is 32.3 Å². The minimum atomic E-state index is -0.893. The lowest BCUT2D eigenvalue weighted by Crippen LogP contribution is -2.40. The number of carbonyl (C=O) groups is 1. The summed E-state index contributed by atoms with van der Waals surface area (Å²) in [5.74, 6) is -0.690. The smallest absolute Gasteiger partial charge is 0.408 e. The van der Waals surface area contributed by atoms with Crippen molar-refractivity contribution in [2.75, 3.05) is 6.54 Å². The average molecular weight is 278 g/mol. The fraction of sp³-hybridized carbons (Fsp3) is 0.429. The number of benzene rings is 1. The van der Waals surface area contributed by atoms with E-state index in [1.165, 1.54) is 0 Å². The van der Waals surface area contributed by atoms with Crippen molar-refractivity contribution in [3.63, 3.8) is 0 Å². The Labute approximate surface area is 115 Å². The lowest BCUT2D eigenvalue weighted by Gasteiger charge is -2.21. The molecule has 1 aromatic carbocycles. The van der Waals surface area contributed by atoms with E-state index in [0.29, 0.717) is 17.5 Å². The second kappa shape index (κ2) is 5.50. The van der Waals surface area contributed by atoms with Crippen molar-refractivity contribution >= 4 is 17.0 Å². The van der Waals surface area contributed by atoms with Gasteiger partial charge in [-0.2, -0.15) is 0 Å². The Bertz CT molecular complexity index is 669. The van der Waals surface area contributed by atoms with Crippen LogP contribution in [0.2, 0.25) is 0 Å². The van der Waals surface area contributed by atoms with Crippen molar-refractivity contribution in [1.82, 2.24) is 10.3 Å². The molecule has 0 aliphatic heterocycles. The molecule has 1 heterocycles. The first kappa shape index (κ1) is 14.3. The Kier molecular flexibility index (Phi) is 3.94. The Morgan fingerprint density at radius 1 is 1.50 bits per heavy atom. The molecule has 2 rings (SSSR count). The number of rotatable bonds is 5. The number of oxazole rings is 1. The highest BCUT2D eigenvalue weighted by Crippen LogP contribution is 2.13. The quantitative estimate of drug-likeness (QED) is 0.758. The van der Waals surface area contributed by atoms with Crippen molar-refractivity contribution in [2.24, 2.45) is 0 Å². The molecule has 6 nitrogen and oxygen atoms in total. The highest BCUT2D eigenvalue weighted by Gasteiger charge is 2.18. The van der Waals surface area contributed by atoms with Gasteiger partial charge in [-0.05, 0) is 31.0 Å². The first-order valence-electron chi connectivity index (χ1n) is 6.50. The summed E-state index contributed by atoms with van der Waals surface area (Å²) in [6.07, 6.45) is 0.748.